The fraction of sp³-hybridized carbons (Fsp3) is 0.714. The number of halogens is 12. The molecule has 5 nitrogen and oxygen atoms in total. The van der Waals surface area contributed by atoms with Crippen LogP contribution in [0.2, 0.25) is 0 Å². The van der Waals surface area contributed by atoms with E-state index in [0.29, 0.717) is 0 Å². The van der Waals surface area contributed by atoms with Crippen LogP contribution in [0.1, 0.15) is 13.8 Å². The van der Waals surface area contributed by atoms with Crippen LogP contribution < -0.4 is 0 Å². The van der Waals surface area contributed by atoms with Crippen molar-refractivity contribution in [2.24, 2.45) is 11.8 Å². The normalized spacial score (nSPS) is 15.7. The lowest BCUT2D eigenvalue weighted by Crippen LogP contribution is -2.50. The average Bonchev–Trinajstić information content (AvgIpc) is 2.51. The Bertz CT molecular complexity index is 603. The maximum absolute atomic E-state index is 12.5. The van der Waals surface area contributed by atoms with Crippen LogP contribution in [0.25, 0.3) is 0 Å². The summed E-state index contributed by atoms with van der Waals surface area (Å²) in [6.45, 7) is 2.28. The topological polar surface area (TPSA) is 77.5 Å². The molecule has 17 heteroatoms. The molecule has 180 valence electrons. The molecule has 0 aromatic rings. The van der Waals surface area contributed by atoms with E-state index < -0.39 is 62.3 Å². The lowest BCUT2D eigenvalue weighted by atomic mass is 9.91. The van der Waals surface area contributed by atoms with Gasteiger partial charge >= 0.3 is 0 Å². The average molecular weight is 684 g/mol. The maximum atomic E-state index is 12.5. The predicted molar refractivity (Wildman–Crippen MR) is 128 cm³/mol. The SMILES string of the molecule is CC(OC(C)C(C(=O)C(Cl)(Cl)Cl)C(=O)C(Cl)(Cl)Cl)C(C(=O)C(Cl)(Cl)Cl)C(=O)C(Cl)(Cl)Cl. The summed E-state index contributed by atoms with van der Waals surface area (Å²) in [6, 6.07) is 0. The Labute approximate surface area is 237 Å². The number of carbonyl (C=O) groups excluding carboxylic acids is 4. The Morgan fingerprint density at radius 1 is 0.484 bits per heavy atom. The van der Waals surface area contributed by atoms with Gasteiger partial charge in [-0.25, -0.2) is 0 Å². The van der Waals surface area contributed by atoms with E-state index in [4.69, 9.17) is 144 Å². The molecule has 0 rings (SSSR count). The van der Waals surface area contributed by atoms with Crippen LogP contribution in [0.4, 0.5) is 0 Å². The lowest BCUT2D eigenvalue weighted by molar-refractivity contribution is -0.146. The van der Waals surface area contributed by atoms with E-state index in [-0.39, 0.29) is 0 Å². The zero-order valence-electron chi connectivity index (χ0n) is 14.9. The largest absolute Gasteiger partial charge is 0.373 e. The van der Waals surface area contributed by atoms with Crippen LogP contribution in [0.5, 0.6) is 0 Å². The first kappa shape index (κ1) is 33.1. The number of Topliss-reactive ketones (excluding diaryl/α,β-unsaturated/α-hetero) is 4. The smallest absolute Gasteiger partial charge is 0.249 e. The molecule has 0 radical (unpaired) electrons. The van der Waals surface area contributed by atoms with Crippen molar-refractivity contribution < 1.29 is 23.9 Å². The number of carbonyl (C=O) groups is 4. The van der Waals surface area contributed by atoms with Gasteiger partial charge < -0.3 is 4.74 Å². The molecule has 0 heterocycles. The summed E-state index contributed by atoms with van der Waals surface area (Å²) in [4.78, 5) is 50.0. The van der Waals surface area contributed by atoms with Gasteiger partial charge in [-0.05, 0) is 13.8 Å². The van der Waals surface area contributed by atoms with Gasteiger partial charge in [0.1, 0.15) is 11.8 Å². The molecule has 0 aromatic heterocycles. The van der Waals surface area contributed by atoms with Crippen LogP contribution in [0, 0.1) is 11.8 Å². The van der Waals surface area contributed by atoms with Gasteiger partial charge in [0.2, 0.25) is 15.2 Å². The van der Waals surface area contributed by atoms with Gasteiger partial charge in [0, 0.05) is 0 Å². The van der Waals surface area contributed by atoms with Crippen LogP contribution in [0.15, 0.2) is 0 Å². The lowest BCUT2D eigenvalue weighted by Gasteiger charge is -2.32. The summed E-state index contributed by atoms with van der Waals surface area (Å²) < 4.78 is -5.00. The second-order valence-corrected chi connectivity index (χ2v) is 15.1. The number of hydrogen-bond acceptors (Lipinski definition) is 5. The fourth-order valence-electron chi connectivity index (χ4n) is 2.29. The summed E-state index contributed by atoms with van der Waals surface area (Å²) >= 11 is 66.8. The minimum atomic E-state index is -2.61. The van der Waals surface area contributed by atoms with Gasteiger partial charge in [-0.3, -0.25) is 19.2 Å². The van der Waals surface area contributed by atoms with Crippen LogP contribution >= 0.6 is 139 Å². The van der Waals surface area contributed by atoms with Crippen molar-refractivity contribution in [3.8, 4) is 0 Å². The highest BCUT2D eigenvalue weighted by atomic mass is 35.6. The number of ketones is 4. The van der Waals surface area contributed by atoms with Crippen LogP contribution in [-0.2, 0) is 23.9 Å². The summed E-state index contributed by atoms with van der Waals surface area (Å²) in [6.07, 6.45) is -3.06. The number of hydrogen-bond donors (Lipinski definition) is 0. The molecular weight excluding hydrogens is 674 g/mol. The predicted octanol–water partition coefficient (Wildman–Crippen LogP) is 6.77. The molecule has 0 saturated carbocycles. The Kier molecular flexibility index (Phi) is 12.7. The molecule has 0 spiro atoms. The van der Waals surface area contributed by atoms with Crippen molar-refractivity contribution in [3.05, 3.63) is 0 Å². The van der Waals surface area contributed by atoms with Crippen molar-refractivity contribution in [1.29, 1.82) is 0 Å². The molecule has 0 fully saturated rings. The molecule has 0 amide bonds. The number of alkyl halides is 12. The van der Waals surface area contributed by atoms with E-state index in [1.54, 1.807) is 0 Å². The van der Waals surface area contributed by atoms with E-state index in [1.165, 1.54) is 0 Å². The molecule has 0 aliphatic rings. The Balaban J connectivity index is 6.18. The maximum Gasteiger partial charge on any atom is 0.249 e. The molecule has 0 aromatic carbocycles. The van der Waals surface area contributed by atoms with Crippen molar-refractivity contribution in [2.45, 2.75) is 41.2 Å². The summed E-state index contributed by atoms with van der Waals surface area (Å²) in [7, 11) is 0. The number of ether oxygens (including phenoxy) is 1. The molecule has 0 aliphatic heterocycles. The van der Waals surface area contributed by atoms with E-state index in [2.05, 4.69) is 0 Å². The highest BCUT2D eigenvalue weighted by Gasteiger charge is 2.52. The van der Waals surface area contributed by atoms with E-state index in [0.717, 1.165) is 13.8 Å². The highest BCUT2D eigenvalue weighted by Crippen LogP contribution is 2.40. The van der Waals surface area contributed by atoms with Crippen LogP contribution in [-0.4, -0.2) is 50.5 Å². The van der Waals surface area contributed by atoms with Gasteiger partial charge in [-0.1, -0.05) is 139 Å². The first-order valence-electron chi connectivity index (χ1n) is 7.53. The van der Waals surface area contributed by atoms with E-state index >= 15 is 0 Å². The van der Waals surface area contributed by atoms with Crippen molar-refractivity contribution >= 4 is 162 Å². The molecule has 2 unspecified atom stereocenters. The zero-order valence-corrected chi connectivity index (χ0v) is 24.0. The second kappa shape index (κ2) is 11.9. The van der Waals surface area contributed by atoms with E-state index in [1.807, 2.05) is 0 Å². The van der Waals surface area contributed by atoms with Gasteiger partial charge in [0.15, 0.2) is 23.1 Å². The summed E-state index contributed by atoms with van der Waals surface area (Å²) in [5.74, 6) is -9.19. The fourth-order valence-corrected chi connectivity index (χ4v) is 3.70. The molecule has 2 atom stereocenters. The quantitative estimate of drug-likeness (QED) is 0.209. The van der Waals surface area contributed by atoms with Gasteiger partial charge in [-0.15, -0.1) is 0 Å². The first-order valence-corrected chi connectivity index (χ1v) is 12.1. The monoisotopic (exact) mass is 678 g/mol. The molecule has 31 heavy (non-hydrogen) atoms. The Morgan fingerprint density at radius 2 is 0.645 bits per heavy atom. The highest BCUT2D eigenvalue weighted by molar-refractivity contribution is 6.80. The minimum Gasteiger partial charge on any atom is -0.373 e. The van der Waals surface area contributed by atoms with Crippen molar-refractivity contribution in [2.75, 3.05) is 0 Å². The van der Waals surface area contributed by atoms with Crippen LogP contribution in [0.3, 0.4) is 0 Å². The Morgan fingerprint density at radius 3 is 0.774 bits per heavy atom. The molecule has 0 saturated heterocycles. The van der Waals surface area contributed by atoms with Crippen molar-refractivity contribution in [3.63, 3.8) is 0 Å². The molecule has 0 aliphatic carbocycles. The molecule has 0 bridgehead atoms. The third kappa shape index (κ3) is 9.95. The summed E-state index contributed by atoms with van der Waals surface area (Å²) in [5.41, 5.74) is 0. The third-order valence-corrected chi connectivity index (χ3v) is 5.85. The van der Waals surface area contributed by atoms with Crippen molar-refractivity contribution in [1.82, 2.24) is 0 Å². The van der Waals surface area contributed by atoms with Gasteiger partial charge in [0.05, 0.1) is 12.2 Å². The number of rotatable bonds is 8. The standard InChI is InChI=1S/C14H10Cl12O5/c1-3(5(7(27)11(15,16)17)8(28)12(18,19)20)31-4(2)6(9(29)13(21,22)23)10(30)14(24,25)26/h3-6H,1-2H3. The first-order chi connectivity index (χ1) is 13.4. The van der Waals surface area contributed by atoms with Gasteiger partial charge in [-0.2, -0.15) is 0 Å². The zero-order chi connectivity index (χ0) is 25.3. The van der Waals surface area contributed by atoms with E-state index in [9.17, 15) is 19.2 Å². The summed E-state index contributed by atoms with van der Waals surface area (Å²) in [5, 5.41) is 0. The Hall–Kier alpha value is 2.12. The molecule has 0 N–H and O–H groups in total. The minimum absolute atomic E-state index is 1.14. The second-order valence-electron chi connectivity index (χ2n) is 5.95. The third-order valence-electron chi connectivity index (χ3n) is 3.62. The van der Waals surface area contributed by atoms with Gasteiger partial charge in [0.25, 0.3) is 0 Å². The molecular formula is C14H10Cl12O5.